The lowest BCUT2D eigenvalue weighted by Crippen LogP contribution is -2.29. The van der Waals surface area contributed by atoms with Crippen molar-refractivity contribution in [2.24, 2.45) is 5.84 Å². The third kappa shape index (κ3) is 3.86. The van der Waals surface area contributed by atoms with E-state index < -0.39 is 0 Å². The standard InChI is InChI=1S/C13H13BrN2O2S/c14-12-6-9(13(17)16-15)3-4-10(12)7-19-8-11-2-1-5-18-11/h1-6H,7-8,15H2,(H,16,17). The molecule has 2 rings (SSSR count). The summed E-state index contributed by atoms with van der Waals surface area (Å²) in [6, 6.07) is 9.28. The second-order valence-electron chi connectivity index (χ2n) is 3.85. The molecule has 6 heteroatoms. The fourth-order valence-electron chi connectivity index (χ4n) is 1.55. The Bertz CT molecular complexity index is 558. The first-order chi connectivity index (χ1) is 9.20. The highest BCUT2D eigenvalue weighted by molar-refractivity contribution is 9.10. The summed E-state index contributed by atoms with van der Waals surface area (Å²) in [7, 11) is 0. The lowest BCUT2D eigenvalue weighted by molar-refractivity contribution is 0.0953. The Morgan fingerprint density at radius 3 is 2.84 bits per heavy atom. The van der Waals surface area contributed by atoms with E-state index >= 15 is 0 Å². The van der Waals surface area contributed by atoms with Gasteiger partial charge in [0.05, 0.1) is 12.0 Å². The van der Waals surface area contributed by atoms with Crippen molar-refractivity contribution in [1.29, 1.82) is 0 Å². The van der Waals surface area contributed by atoms with E-state index in [-0.39, 0.29) is 5.91 Å². The zero-order valence-electron chi connectivity index (χ0n) is 10.1. The van der Waals surface area contributed by atoms with Crippen LogP contribution in [0.15, 0.2) is 45.5 Å². The third-order valence-corrected chi connectivity index (χ3v) is 4.27. The Morgan fingerprint density at radius 1 is 1.37 bits per heavy atom. The second-order valence-corrected chi connectivity index (χ2v) is 5.69. The molecule has 0 aliphatic heterocycles. The van der Waals surface area contributed by atoms with E-state index in [9.17, 15) is 4.79 Å². The lowest BCUT2D eigenvalue weighted by Gasteiger charge is -2.06. The van der Waals surface area contributed by atoms with Gasteiger partial charge < -0.3 is 4.42 Å². The molecule has 0 aliphatic carbocycles. The van der Waals surface area contributed by atoms with Crippen LogP contribution in [0.5, 0.6) is 0 Å². The predicted molar refractivity (Wildman–Crippen MR) is 79.5 cm³/mol. The number of halogens is 1. The van der Waals surface area contributed by atoms with Crippen LogP contribution in [0.4, 0.5) is 0 Å². The van der Waals surface area contributed by atoms with E-state index in [4.69, 9.17) is 10.3 Å². The number of nitrogens with one attached hydrogen (secondary N) is 1. The van der Waals surface area contributed by atoms with Gasteiger partial charge in [-0.25, -0.2) is 5.84 Å². The molecule has 1 aromatic carbocycles. The minimum Gasteiger partial charge on any atom is -0.468 e. The highest BCUT2D eigenvalue weighted by Gasteiger charge is 2.07. The van der Waals surface area contributed by atoms with Gasteiger partial charge in [0.1, 0.15) is 5.76 Å². The molecule has 0 aliphatic rings. The molecule has 0 bridgehead atoms. The van der Waals surface area contributed by atoms with Gasteiger partial charge in [-0.05, 0) is 29.8 Å². The number of hydrogen-bond acceptors (Lipinski definition) is 4. The maximum atomic E-state index is 11.4. The van der Waals surface area contributed by atoms with Crippen LogP contribution in [0, 0.1) is 0 Å². The highest BCUT2D eigenvalue weighted by Crippen LogP contribution is 2.25. The van der Waals surface area contributed by atoms with Gasteiger partial charge in [-0.2, -0.15) is 0 Å². The summed E-state index contributed by atoms with van der Waals surface area (Å²) in [6.07, 6.45) is 1.67. The van der Waals surface area contributed by atoms with Crippen LogP contribution >= 0.6 is 27.7 Å². The molecule has 1 aromatic heterocycles. The first-order valence-electron chi connectivity index (χ1n) is 5.60. The maximum Gasteiger partial charge on any atom is 0.265 e. The quantitative estimate of drug-likeness (QED) is 0.498. The minimum atomic E-state index is -0.296. The smallest absolute Gasteiger partial charge is 0.265 e. The SMILES string of the molecule is NNC(=O)c1ccc(CSCc2ccco2)c(Br)c1. The van der Waals surface area contributed by atoms with Crippen LogP contribution in [-0.2, 0) is 11.5 Å². The van der Waals surface area contributed by atoms with Crippen molar-refractivity contribution in [3.8, 4) is 0 Å². The normalized spacial score (nSPS) is 10.4. The molecular weight excluding hydrogens is 328 g/mol. The molecule has 2 aromatic rings. The van der Waals surface area contributed by atoms with Gasteiger partial charge in [0.2, 0.25) is 0 Å². The Kier molecular flexibility index (Phi) is 5.07. The fourth-order valence-corrected chi connectivity index (χ4v) is 3.19. The van der Waals surface area contributed by atoms with Gasteiger partial charge in [0.15, 0.2) is 0 Å². The van der Waals surface area contributed by atoms with Crippen LogP contribution in [0.3, 0.4) is 0 Å². The number of carbonyl (C=O) groups excluding carboxylic acids is 1. The highest BCUT2D eigenvalue weighted by atomic mass is 79.9. The zero-order valence-corrected chi connectivity index (χ0v) is 12.5. The number of hydrogen-bond donors (Lipinski definition) is 2. The van der Waals surface area contributed by atoms with Crippen molar-refractivity contribution in [2.75, 3.05) is 0 Å². The average Bonchev–Trinajstić information content (AvgIpc) is 2.93. The van der Waals surface area contributed by atoms with Gasteiger partial charge in [0.25, 0.3) is 5.91 Å². The predicted octanol–water partition coefficient (Wildman–Crippen LogP) is 3.08. The summed E-state index contributed by atoms with van der Waals surface area (Å²) < 4.78 is 6.17. The summed E-state index contributed by atoms with van der Waals surface area (Å²) >= 11 is 5.22. The minimum absolute atomic E-state index is 0.296. The summed E-state index contributed by atoms with van der Waals surface area (Å²) in [4.78, 5) is 11.4. The number of furan rings is 1. The van der Waals surface area contributed by atoms with Crippen LogP contribution in [0.25, 0.3) is 0 Å². The molecule has 0 atom stereocenters. The summed E-state index contributed by atoms with van der Waals surface area (Å²) in [6.45, 7) is 0. The van der Waals surface area contributed by atoms with E-state index in [1.165, 1.54) is 0 Å². The van der Waals surface area contributed by atoms with Gasteiger partial charge in [-0.1, -0.05) is 22.0 Å². The number of hydrazine groups is 1. The molecule has 0 unspecified atom stereocenters. The Hall–Kier alpha value is -1.24. The summed E-state index contributed by atoms with van der Waals surface area (Å²) in [5.74, 6) is 7.42. The monoisotopic (exact) mass is 340 g/mol. The van der Waals surface area contributed by atoms with Crippen molar-refractivity contribution >= 4 is 33.6 Å². The van der Waals surface area contributed by atoms with E-state index in [1.807, 2.05) is 18.2 Å². The number of rotatable bonds is 5. The van der Waals surface area contributed by atoms with Crippen LogP contribution in [-0.4, -0.2) is 5.91 Å². The average molecular weight is 341 g/mol. The number of nitrogen functional groups attached to an aromatic ring is 1. The molecule has 0 spiro atoms. The molecule has 0 saturated heterocycles. The van der Waals surface area contributed by atoms with Gasteiger partial charge in [0, 0.05) is 15.8 Å². The lowest BCUT2D eigenvalue weighted by atomic mass is 10.1. The van der Waals surface area contributed by atoms with Crippen molar-refractivity contribution in [1.82, 2.24) is 5.43 Å². The van der Waals surface area contributed by atoms with Crippen molar-refractivity contribution in [3.63, 3.8) is 0 Å². The Balaban J connectivity index is 1.95. The van der Waals surface area contributed by atoms with Crippen LogP contribution in [0.2, 0.25) is 0 Å². The van der Waals surface area contributed by atoms with Gasteiger partial charge >= 0.3 is 0 Å². The van der Waals surface area contributed by atoms with Gasteiger partial charge in [-0.3, -0.25) is 10.2 Å². The Morgan fingerprint density at radius 2 is 2.21 bits per heavy atom. The van der Waals surface area contributed by atoms with E-state index in [0.717, 1.165) is 27.3 Å². The molecule has 100 valence electrons. The molecule has 1 amide bonds. The maximum absolute atomic E-state index is 11.4. The van der Waals surface area contributed by atoms with E-state index in [0.29, 0.717) is 5.56 Å². The number of amides is 1. The van der Waals surface area contributed by atoms with Crippen LogP contribution in [0.1, 0.15) is 21.7 Å². The number of benzene rings is 1. The second kappa shape index (κ2) is 6.79. The fraction of sp³-hybridized carbons (Fsp3) is 0.154. The first-order valence-corrected chi connectivity index (χ1v) is 7.55. The summed E-state index contributed by atoms with van der Waals surface area (Å²) in [5, 5.41) is 0. The molecule has 0 saturated carbocycles. The number of carbonyl (C=O) groups is 1. The van der Waals surface area contributed by atoms with Crippen molar-refractivity contribution < 1.29 is 9.21 Å². The van der Waals surface area contributed by atoms with Crippen molar-refractivity contribution in [3.05, 3.63) is 58.0 Å². The molecule has 0 fully saturated rings. The summed E-state index contributed by atoms with van der Waals surface area (Å²) in [5.41, 5.74) is 3.78. The van der Waals surface area contributed by atoms with E-state index in [1.54, 1.807) is 30.2 Å². The van der Waals surface area contributed by atoms with E-state index in [2.05, 4.69) is 21.4 Å². The largest absolute Gasteiger partial charge is 0.468 e. The topological polar surface area (TPSA) is 68.3 Å². The zero-order chi connectivity index (χ0) is 13.7. The van der Waals surface area contributed by atoms with Gasteiger partial charge in [-0.15, -0.1) is 11.8 Å². The molecular formula is C13H13BrN2O2S. The molecule has 0 radical (unpaired) electrons. The van der Waals surface area contributed by atoms with Crippen molar-refractivity contribution in [2.45, 2.75) is 11.5 Å². The molecule has 19 heavy (non-hydrogen) atoms. The number of thioether (sulfide) groups is 1. The number of nitrogens with two attached hydrogens (primary N) is 1. The molecule has 3 N–H and O–H groups in total. The molecule has 1 heterocycles. The van der Waals surface area contributed by atoms with Crippen LogP contribution < -0.4 is 11.3 Å². The molecule has 4 nitrogen and oxygen atoms in total. The third-order valence-electron chi connectivity index (χ3n) is 2.53. The first kappa shape index (κ1) is 14.2. The Labute approximate surface area is 123 Å².